The van der Waals surface area contributed by atoms with Crippen molar-refractivity contribution < 1.29 is 32.2 Å². The monoisotopic (exact) mass is 510 g/mol. The van der Waals surface area contributed by atoms with E-state index in [1.807, 2.05) is 20.8 Å². The predicted molar refractivity (Wildman–Crippen MR) is 133 cm³/mol. The van der Waals surface area contributed by atoms with Crippen molar-refractivity contribution in [3.05, 3.63) is 23.3 Å². The normalized spacial score (nSPS) is 42.7. The summed E-state index contributed by atoms with van der Waals surface area (Å²) < 4.78 is 36.5. The van der Waals surface area contributed by atoms with Gasteiger partial charge in [0.15, 0.2) is 5.78 Å². The first kappa shape index (κ1) is 27.0. The molecule has 0 radical (unpaired) electrons. The van der Waals surface area contributed by atoms with Gasteiger partial charge in [-0.25, -0.2) is 4.18 Å². The molecule has 0 aromatic heterocycles. The van der Waals surface area contributed by atoms with E-state index < -0.39 is 28.2 Å². The third-order valence-corrected chi connectivity index (χ3v) is 10.5. The highest BCUT2D eigenvalue weighted by Gasteiger charge is 2.61. The lowest BCUT2D eigenvalue weighted by molar-refractivity contribution is -0.126. The number of carbonyl (C=O) groups excluding carboxylic acids is 1. The summed E-state index contributed by atoms with van der Waals surface area (Å²) in [5.41, 5.74) is 0.798. The first-order chi connectivity index (χ1) is 16.1. The summed E-state index contributed by atoms with van der Waals surface area (Å²) in [5, 5.41) is 22.8. The topological polar surface area (TPSA) is 121 Å². The molecule has 0 aromatic rings. The van der Waals surface area contributed by atoms with Gasteiger partial charge in [-0.1, -0.05) is 31.1 Å². The average Bonchev–Trinajstić information content (AvgIpc) is 3.05. The van der Waals surface area contributed by atoms with E-state index in [-0.39, 0.29) is 40.8 Å². The molecule has 8 heteroatoms. The van der Waals surface area contributed by atoms with Gasteiger partial charge in [0, 0.05) is 6.42 Å². The smallest absolute Gasteiger partial charge is 0.393 e. The molecule has 3 N–H and O–H groups in total. The largest absolute Gasteiger partial charge is 0.397 e. The Morgan fingerprint density at radius 1 is 1.20 bits per heavy atom. The summed E-state index contributed by atoms with van der Waals surface area (Å²) >= 11 is 0. The van der Waals surface area contributed by atoms with E-state index in [0.29, 0.717) is 31.6 Å². The van der Waals surface area contributed by atoms with Crippen LogP contribution in [0.4, 0.5) is 0 Å². The van der Waals surface area contributed by atoms with Crippen LogP contribution in [0, 0.1) is 34.5 Å². The van der Waals surface area contributed by atoms with Gasteiger partial charge in [0.25, 0.3) is 0 Å². The van der Waals surface area contributed by atoms with E-state index in [2.05, 4.69) is 19.9 Å². The van der Waals surface area contributed by atoms with E-state index in [1.54, 1.807) is 6.08 Å². The zero-order valence-electron chi connectivity index (χ0n) is 21.7. The lowest BCUT2D eigenvalue weighted by Gasteiger charge is -2.58. The molecule has 4 aliphatic carbocycles. The number of aliphatic hydroxyl groups is 2. The molecule has 35 heavy (non-hydrogen) atoms. The molecule has 0 aliphatic heterocycles. The maximum absolute atomic E-state index is 12.5. The van der Waals surface area contributed by atoms with Crippen molar-refractivity contribution in [3.8, 4) is 0 Å². The summed E-state index contributed by atoms with van der Waals surface area (Å²) in [6, 6.07) is 0. The van der Waals surface area contributed by atoms with Gasteiger partial charge in [0.1, 0.15) is 0 Å². The third-order valence-electron chi connectivity index (χ3n) is 9.99. The fourth-order valence-electron chi connectivity index (χ4n) is 8.67. The molecule has 3 fully saturated rings. The van der Waals surface area contributed by atoms with Gasteiger partial charge in [-0.15, -0.1) is 0 Å². The molecule has 0 unspecified atom stereocenters. The predicted octanol–water partition coefficient (Wildman–Crippen LogP) is 4.40. The Kier molecular flexibility index (Phi) is 6.98. The Bertz CT molecular complexity index is 1020. The van der Waals surface area contributed by atoms with Crippen molar-refractivity contribution in [2.45, 2.75) is 104 Å². The van der Waals surface area contributed by atoms with Crippen LogP contribution in [0.5, 0.6) is 0 Å². The zero-order chi connectivity index (χ0) is 26.0. The van der Waals surface area contributed by atoms with Crippen molar-refractivity contribution in [3.63, 3.8) is 0 Å². The molecule has 4 rings (SSSR count). The highest BCUT2D eigenvalue weighted by molar-refractivity contribution is 7.80. The molecule has 7 nitrogen and oxygen atoms in total. The van der Waals surface area contributed by atoms with Crippen LogP contribution in [0.1, 0.15) is 86.0 Å². The minimum atomic E-state index is -4.53. The molecule has 4 aliphatic rings. The van der Waals surface area contributed by atoms with Crippen LogP contribution in [0.3, 0.4) is 0 Å². The van der Waals surface area contributed by atoms with E-state index in [9.17, 15) is 23.4 Å². The van der Waals surface area contributed by atoms with Crippen LogP contribution in [-0.4, -0.2) is 46.8 Å². The Morgan fingerprint density at radius 3 is 2.51 bits per heavy atom. The van der Waals surface area contributed by atoms with Gasteiger partial charge in [0.05, 0.1) is 17.8 Å². The number of hydrogen-bond acceptors (Lipinski definition) is 6. The van der Waals surface area contributed by atoms with Gasteiger partial charge < -0.3 is 10.2 Å². The average molecular weight is 511 g/mol. The molecule has 3 saturated carbocycles. The fourth-order valence-corrected chi connectivity index (χ4v) is 9.18. The summed E-state index contributed by atoms with van der Waals surface area (Å²) in [7, 11) is -4.53. The van der Waals surface area contributed by atoms with Gasteiger partial charge in [0.2, 0.25) is 0 Å². The first-order valence-electron chi connectivity index (χ1n) is 13.0. The van der Waals surface area contributed by atoms with E-state index in [1.165, 1.54) is 5.57 Å². The van der Waals surface area contributed by atoms with E-state index in [0.717, 1.165) is 24.8 Å². The second kappa shape index (κ2) is 9.05. The maximum Gasteiger partial charge on any atom is 0.397 e. The number of aliphatic hydroxyl groups excluding tert-OH is 1. The Hall–Kier alpha value is -1.06. The van der Waals surface area contributed by atoms with E-state index in [4.69, 9.17) is 8.74 Å². The highest BCUT2D eigenvalue weighted by atomic mass is 32.3. The van der Waals surface area contributed by atoms with Crippen molar-refractivity contribution in [2.75, 3.05) is 0 Å². The van der Waals surface area contributed by atoms with Crippen LogP contribution in [0.15, 0.2) is 23.3 Å². The molecule has 9 atom stereocenters. The molecule has 0 amide bonds. The zero-order valence-corrected chi connectivity index (χ0v) is 22.5. The molecule has 198 valence electrons. The lowest BCUT2D eigenvalue weighted by atomic mass is 9.47. The minimum absolute atomic E-state index is 0.00567. The molecule has 0 saturated heterocycles. The molecule has 0 heterocycles. The summed E-state index contributed by atoms with van der Waals surface area (Å²) in [5.74, 6) is 0.349. The number of ketones is 1. The van der Waals surface area contributed by atoms with Crippen molar-refractivity contribution >= 4 is 16.2 Å². The Balaban J connectivity index is 1.59. The molecule has 0 bridgehead atoms. The molecular formula is C27H42O7S. The minimum Gasteiger partial charge on any atom is -0.393 e. The van der Waals surface area contributed by atoms with Crippen molar-refractivity contribution in [2.24, 2.45) is 34.5 Å². The second-order valence-corrected chi connectivity index (χ2v) is 13.7. The fraction of sp³-hybridized carbons (Fsp3) is 0.815. The van der Waals surface area contributed by atoms with Crippen LogP contribution in [0.25, 0.3) is 0 Å². The highest BCUT2D eigenvalue weighted by Crippen LogP contribution is 2.67. The molecule has 0 spiro atoms. The first-order valence-corrected chi connectivity index (χ1v) is 14.4. The number of fused-ring (bicyclic) bond motifs is 5. The number of allylic oxidation sites excluding steroid dienone is 4. The molecular weight excluding hydrogens is 468 g/mol. The van der Waals surface area contributed by atoms with Crippen LogP contribution >= 0.6 is 0 Å². The lowest BCUT2D eigenvalue weighted by Crippen LogP contribution is -2.55. The molecule has 0 aromatic carbocycles. The van der Waals surface area contributed by atoms with Gasteiger partial charge in [-0.2, -0.15) is 8.42 Å². The Morgan fingerprint density at radius 2 is 1.89 bits per heavy atom. The summed E-state index contributed by atoms with van der Waals surface area (Å²) in [6.07, 6.45) is 7.70. The second-order valence-electron chi connectivity index (χ2n) is 12.7. The number of carbonyl (C=O) groups is 1. The van der Waals surface area contributed by atoms with E-state index >= 15 is 0 Å². The van der Waals surface area contributed by atoms with Crippen LogP contribution in [-0.2, 0) is 19.4 Å². The van der Waals surface area contributed by atoms with Crippen LogP contribution < -0.4 is 0 Å². The van der Waals surface area contributed by atoms with Gasteiger partial charge in [-0.05, 0) is 106 Å². The number of hydrogen-bond donors (Lipinski definition) is 3. The van der Waals surface area contributed by atoms with Crippen molar-refractivity contribution in [1.29, 1.82) is 0 Å². The summed E-state index contributed by atoms with van der Waals surface area (Å²) in [6.45, 7) is 10.0. The Labute approximate surface area is 210 Å². The third kappa shape index (κ3) is 4.93. The standard InChI is InChI=1S/C27H42O7S/c1-16(2)12-17(28)15-27(5,30)24-7-6-20-19-14-23(29)22-13-18(34-35(31,32)33)8-10-25(22,3)21(19)9-11-26(20,24)4/h9,12,18-20,22-24,29-30H,6-8,10-11,13-15H2,1-5H3,(H,31,32,33)/t18-,19-,20-,22+,23-,24-,25+,26-,27-/m0/s1. The quantitative estimate of drug-likeness (QED) is 0.275. The van der Waals surface area contributed by atoms with Gasteiger partial charge >= 0.3 is 10.4 Å². The number of rotatable bonds is 6. The van der Waals surface area contributed by atoms with Crippen LogP contribution in [0.2, 0.25) is 0 Å². The summed E-state index contributed by atoms with van der Waals surface area (Å²) in [4.78, 5) is 12.5. The van der Waals surface area contributed by atoms with Crippen molar-refractivity contribution in [1.82, 2.24) is 0 Å². The maximum atomic E-state index is 12.5. The van der Waals surface area contributed by atoms with Gasteiger partial charge in [-0.3, -0.25) is 9.35 Å². The SMILES string of the molecule is CC(C)=CC(=O)C[C@](C)(O)[C@H]1CC[C@H]2[C@@H]3C[C@H](O)[C@H]4C[C@@H](OS(=O)(=O)O)CC[C@]4(C)C3=CC[C@@]21C.